The lowest BCUT2D eigenvalue weighted by molar-refractivity contribution is 0.0498. The Labute approximate surface area is 120 Å². The number of nitrogens with zero attached hydrogens (tertiary/aromatic N) is 5. The highest BCUT2D eigenvalue weighted by Gasteiger charge is 2.12. The van der Waals surface area contributed by atoms with Crippen molar-refractivity contribution in [1.29, 1.82) is 0 Å². The van der Waals surface area contributed by atoms with Gasteiger partial charge in [0.1, 0.15) is 0 Å². The lowest BCUT2D eigenvalue weighted by Gasteiger charge is -2.01. The van der Waals surface area contributed by atoms with Gasteiger partial charge in [-0.15, -0.1) is 5.10 Å². The second-order valence-corrected chi connectivity index (χ2v) is 4.36. The fourth-order valence-electron chi connectivity index (χ4n) is 1.78. The number of carbonyl (C=O) groups is 1. The van der Waals surface area contributed by atoms with Gasteiger partial charge in [0.2, 0.25) is 0 Å². The van der Waals surface area contributed by atoms with E-state index in [2.05, 4.69) is 20.1 Å². The summed E-state index contributed by atoms with van der Waals surface area (Å²) in [4.78, 5) is 24.2. The maximum atomic E-state index is 11.8. The molecule has 3 heterocycles. The van der Waals surface area contributed by atoms with E-state index >= 15 is 0 Å². The highest BCUT2D eigenvalue weighted by Crippen LogP contribution is 2.14. The predicted molar refractivity (Wildman–Crippen MR) is 74.6 cm³/mol. The summed E-state index contributed by atoms with van der Waals surface area (Å²) < 4.78 is 6.57. The number of aromatic nitrogens is 5. The average Bonchev–Trinajstić information content (AvgIpc) is 2.96. The molecule has 0 unspecified atom stereocenters. The van der Waals surface area contributed by atoms with Crippen molar-refractivity contribution in [1.82, 2.24) is 24.6 Å². The molecule has 0 saturated carbocycles. The van der Waals surface area contributed by atoms with Gasteiger partial charge < -0.3 is 4.74 Å². The summed E-state index contributed by atoms with van der Waals surface area (Å²) in [7, 11) is 0. The highest BCUT2D eigenvalue weighted by atomic mass is 16.5. The fourth-order valence-corrected chi connectivity index (χ4v) is 1.78. The summed E-state index contributed by atoms with van der Waals surface area (Å²) in [5.74, 6) is 0.435. The van der Waals surface area contributed by atoms with E-state index in [1.165, 1.54) is 4.52 Å². The van der Waals surface area contributed by atoms with E-state index in [4.69, 9.17) is 4.74 Å². The maximum Gasteiger partial charge on any atom is 0.357 e. The third kappa shape index (κ3) is 2.71. The number of carbonyl (C=O) groups excluding carboxylic acids is 1. The summed E-state index contributed by atoms with van der Waals surface area (Å²) in [5, 5.41) is 4.31. The Balaban J connectivity index is 1.94. The fraction of sp³-hybridized carbons (Fsp3) is 0.214. The molecule has 7 heteroatoms. The first-order valence-electron chi connectivity index (χ1n) is 6.59. The van der Waals surface area contributed by atoms with E-state index in [0.29, 0.717) is 18.2 Å². The van der Waals surface area contributed by atoms with Gasteiger partial charge in [-0.25, -0.2) is 14.3 Å². The van der Waals surface area contributed by atoms with Crippen LogP contribution in [0.1, 0.15) is 23.8 Å². The van der Waals surface area contributed by atoms with Crippen molar-refractivity contribution >= 4 is 11.7 Å². The Bertz CT molecular complexity index is 769. The van der Waals surface area contributed by atoms with E-state index in [1.807, 2.05) is 19.1 Å². The third-order valence-electron chi connectivity index (χ3n) is 2.79. The topological polar surface area (TPSA) is 82.3 Å². The molecule has 0 aliphatic rings. The standard InChI is InChI=1S/C14H13N5O2/c1-2-9-21-13(20)11-5-8-19-14(16-11)17-12(18-19)10-3-6-15-7-4-10/h3-8H,2,9H2,1H3. The van der Waals surface area contributed by atoms with E-state index in [-0.39, 0.29) is 5.69 Å². The van der Waals surface area contributed by atoms with Crippen molar-refractivity contribution in [3.8, 4) is 11.4 Å². The first-order chi connectivity index (χ1) is 10.3. The largest absolute Gasteiger partial charge is 0.461 e. The molecule has 0 fully saturated rings. The molecule has 106 valence electrons. The van der Waals surface area contributed by atoms with Crippen LogP contribution < -0.4 is 0 Å². The van der Waals surface area contributed by atoms with Crippen molar-refractivity contribution in [2.24, 2.45) is 0 Å². The minimum absolute atomic E-state index is 0.227. The second-order valence-electron chi connectivity index (χ2n) is 4.36. The zero-order valence-electron chi connectivity index (χ0n) is 11.4. The van der Waals surface area contributed by atoms with Gasteiger partial charge in [-0.05, 0) is 24.6 Å². The van der Waals surface area contributed by atoms with Crippen LogP contribution in [0, 0.1) is 0 Å². The molecule has 0 aromatic carbocycles. The van der Waals surface area contributed by atoms with Crippen molar-refractivity contribution in [2.75, 3.05) is 6.61 Å². The summed E-state index contributed by atoms with van der Waals surface area (Å²) in [6, 6.07) is 5.19. The van der Waals surface area contributed by atoms with Crippen molar-refractivity contribution in [3.63, 3.8) is 0 Å². The number of rotatable bonds is 4. The molecule has 21 heavy (non-hydrogen) atoms. The molecule has 0 saturated heterocycles. The normalized spacial score (nSPS) is 10.7. The molecule has 3 rings (SSSR count). The molecule has 7 nitrogen and oxygen atoms in total. The van der Waals surface area contributed by atoms with Crippen molar-refractivity contribution in [3.05, 3.63) is 42.5 Å². The molecule has 3 aromatic rings. The molecular weight excluding hydrogens is 270 g/mol. The van der Waals surface area contributed by atoms with Gasteiger partial charge in [-0.3, -0.25) is 4.98 Å². The number of hydrogen-bond acceptors (Lipinski definition) is 6. The van der Waals surface area contributed by atoms with Crippen LogP contribution in [0.2, 0.25) is 0 Å². The first kappa shape index (κ1) is 13.2. The zero-order chi connectivity index (χ0) is 14.7. The monoisotopic (exact) mass is 283 g/mol. The molecular formula is C14H13N5O2. The molecule has 0 aliphatic carbocycles. The van der Waals surface area contributed by atoms with Gasteiger partial charge in [-0.1, -0.05) is 6.92 Å². The van der Waals surface area contributed by atoms with Crippen LogP contribution in [0.5, 0.6) is 0 Å². The summed E-state index contributed by atoms with van der Waals surface area (Å²) in [6.07, 6.45) is 5.75. The smallest absolute Gasteiger partial charge is 0.357 e. The molecule has 0 aliphatic heterocycles. The Hall–Kier alpha value is -2.83. The van der Waals surface area contributed by atoms with Crippen LogP contribution in [0.15, 0.2) is 36.8 Å². The van der Waals surface area contributed by atoms with Gasteiger partial charge in [0, 0.05) is 24.2 Å². The van der Waals surface area contributed by atoms with Gasteiger partial charge >= 0.3 is 5.97 Å². The third-order valence-corrected chi connectivity index (χ3v) is 2.79. The summed E-state index contributed by atoms with van der Waals surface area (Å²) in [5.41, 5.74) is 1.07. The van der Waals surface area contributed by atoms with E-state index in [1.54, 1.807) is 24.7 Å². The summed E-state index contributed by atoms with van der Waals surface area (Å²) >= 11 is 0. The first-order valence-corrected chi connectivity index (χ1v) is 6.59. The number of pyridine rings is 1. The van der Waals surface area contributed by atoms with E-state index < -0.39 is 5.97 Å². The molecule has 0 bridgehead atoms. The molecule has 0 amide bonds. The van der Waals surface area contributed by atoms with Crippen LogP contribution in [-0.4, -0.2) is 37.1 Å². The van der Waals surface area contributed by atoms with Gasteiger partial charge in [0.05, 0.1) is 6.61 Å². The Morgan fingerprint density at radius 2 is 2.05 bits per heavy atom. The number of fused-ring (bicyclic) bond motifs is 1. The molecule has 0 radical (unpaired) electrons. The SMILES string of the molecule is CCCOC(=O)c1ccn2nc(-c3ccncc3)nc2n1. The Morgan fingerprint density at radius 1 is 1.24 bits per heavy atom. The molecule has 0 N–H and O–H groups in total. The minimum Gasteiger partial charge on any atom is -0.461 e. The van der Waals surface area contributed by atoms with Crippen molar-refractivity contribution < 1.29 is 9.53 Å². The number of ether oxygens (including phenoxy) is 1. The van der Waals surface area contributed by atoms with Crippen LogP contribution in [0.3, 0.4) is 0 Å². The predicted octanol–water partition coefficient (Wildman–Crippen LogP) is 1.75. The van der Waals surface area contributed by atoms with E-state index in [9.17, 15) is 4.79 Å². The van der Waals surface area contributed by atoms with Gasteiger partial charge in [0.25, 0.3) is 5.78 Å². The van der Waals surface area contributed by atoms with Gasteiger partial charge in [-0.2, -0.15) is 4.98 Å². The number of esters is 1. The average molecular weight is 283 g/mol. The maximum absolute atomic E-state index is 11.8. The summed E-state index contributed by atoms with van der Waals surface area (Å²) in [6.45, 7) is 2.31. The lowest BCUT2D eigenvalue weighted by Crippen LogP contribution is -2.09. The molecule has 0 spiro atoms. The minimum atomic E-state index is -0.451. The van der Waals surface area contributed by atoms with Crippen LogP contribution >= 0.6 is 0 Å². The van der Waals surface area contributed by atoms with Crippen molar-refractivity contribution in [2.45, 2.75) is 13.3 Å². The van der Waals surface area contributed by atoms with E-state index in [0.717, 1.165) is 12.0 Å². The Morgan fingerprint density at radius 3 is 2.81 bits per heavy atom. The number of hydrogen-bond donors (Lipinski definition) is 0. The second kappa shape index (κ2) is 5.66. The lowest BCUT2D eigenvalue weighted by atomic mass is 10.3. The van der Waals surface area contributed by atoms with Crippen LogP contribution in [-0.2, 0) is 4.74 Å². The molecule has 3 aromatic heterocycles. The van der Waals surface area contributed by atoms with Crippen LogP contribution in [0.25, 0.3) is 17.2 Å². The quantitative estimate of drug-likeness (QED) is 0.678. The highest BCUT2D eigenvalue weighted by molar-refractivity contribution is 5.87. The zero-order valence-corrected chi connectivity index (χ0v) is 11.4. The van der Waals surface area contributed by atoms with Crippen LogP contribution in [0.4, 0.5) is 0 Å². The Kier molecular flexibility index (Phi) is 3.55. The van der Waals surface area contributed by atoms with Gasteiger partial charge in [0.15, 0.2) is 11.5 Å². The molecule has 0 atom stereocenters.